The fourth-order valence-electron chi connectivity index (χ4n) is 0.956. The lowest BCUT2D eigenvalue weighted by molar-refractivity contribution is -0.0169. The molecular formula is C7H12O2. The molecule has 0 bridgehead atoms. The minimum Gasteiger partial charge on any atom is -0.386 e. The lowest BCUT2D eigenvalue weighted by Crippen LogP contribution is -2.29. The molecule has 0 fully saturated rings. The smallest absolute Gasteiger partial charge is 0.0983 e. The van der Waals surface area contributed by atoms with Crippen LogP contribution in [0.15, 0.2) is 12.2 Å². The van der Waals surface area contributed by atoms with Gasteiger partial charge in [-0.3, -0.25) is 0 Å². The van der Waals surface area contributed by atoms with Crippen molar-refractivity contribution in [2.45, 2.75) is 25.6 Å². The van der Waals surface area contributed by atoms with Crippen LogP contribution in [-0.4, -0.2) is 23.9 Å². The van der Waals surface area contributed by atoms with Crippen LogP contribution in [-0.2, 0) is 4.74 Å². The molecule has 1 heterocycles. The summed E-state index contributed by atoms with van der Waals surface area (Å²) in [5.41, 5.74) is 0. The summed E-state index contributed by atoms with van der Waals surface area (Å²) in [6.07, 6.45) is 4.15. The van der Waals surface area contributed by atoms with E-state index in [1.165, 1.54) is 0 Å². The van der Waals surface area contributed by atoms with Gasteiger partial charge in [-0.15, -0.1) is 0 Å². The average Bonchev–Trinajstić information content (AvgIpc) is 1.89. The zero-order valence-corrected chi connectivity index (χ0v) is 5.58. The summed E-state index contributed by atoms with van der Waals surface area (Å²) in [5.74, 6) is 0. The quantitative estimate of drug-likeness (QED) is 0.527. The molecule has 0 saturated carbocycles. The molecule has 0 saturated heterocycles. The summed E-state index contributed by atoms with van der Waals surface area (Å²) in [6.45, 7) is 2.66. The Balaban J connectivity index is 2.44. The number of rotatable bonds is 1. The van der Waals surface area contributed by atoms with Crippen LogP contribution in [0.4, 0.5) is 0 Å². The third kappa shape index (κ3) is 1.53. The first-order valence-corrected chi connectivity index (χ1v) is 3.31. The molecule has 1 rings (SSSR count). The molecule has 0 spiro atoms. The van der Waals surface area contributed by atoms with Gasteiger partial charge in [0.25, 0.3) is 0 Å². The van der Waals surface area contributed by atoms with E-state index in [2.05, 4.69) is 0 Å². The Bertz CT molecular complexity index is 109. The Morgan fingerprint density at radius 2 is 2.56 bits per heavy atom. The van der Waals surface area contributed by atoms with Gasteiger partial charge in [-0.2, -0.15) is 0 Å². The lowest BCUT2D eigenvalue weighted by Gasteiger charge is -2.22. The number of aliphatic hydroxyl groups excluding tert-OH is 1. The van der Waals surface area contributed by atoms with E-state index in [1.807, 2.05) is 13.0 Å². The summed E-state index contributed by atoms with van der Waals surface area (Å²) in [4.78, 5) is 0. The van der Waals surface area contributed by atoms with Gasteiger partial charge in [-0.05, 0) is 6.42 Å². The molecule has 1 aliphatic heterocycles. The molecular weight excluding hydrogens is 116 g/mol. The fraction of sp³-hybridized carbons (Fsp3) is 0.714. The molecule has 0 aromatic rings. The van der Waals surface area contributed by atoms with Gasteiger partial charge in [-0.25, -0.2) is 0 Å². The summed E-state index contributed by atoms with van der Waals surface area (Å²) < 4.78 is 5.20. The monoisotopic (exact) mass is 128 g/mol. The molecule has 9 heavy (non-hydrogen) atoms. The molecule has 1 aliphatic rings. The van der Waals surface area contributed by atoms with Gasteiger partial charge in [0.1, 0.15) is 0 Å². The van der Waals surface area contributed by atoms with Gasteiger partial charge < -0.3 is 9.84 Å². The molecule has 1 N–H and O–H groups in total. The van der Waals surface area contributed by atoms with Crippen molar-refractivity contribution >= 4 is 0 Å². The Morgan fingerprint density at radius 1 is 1.78 bits per heavy atom. The van der Waals surface area contributed by atoms with Crippen molar-refractivity contribution in [1.29, 1.82) is 0 Å². The first-order valence-electron chi connectivity index (χ1n) is 3.31. The molecule has 2 heteroatoms. The molecule has 0 radical (unpaired) electrons. The summed E-state index contributed by atoms with van der Waals surface area (Å²) >= 11 is 0. The summed E-state index contributed by atoms with van der Waals surface area (Å²) in [7, 11) is 0. The SMILES string of the molecule is CC[C@H]1OCC=C[C@@H]1O. The molecule has 0 amide bonds. The zero-order valence-electron chi connectivity index (χ0n) is 5.58. The molecule has 2 atom stereocenters. The molecule has 0 unspecified atom stereocenters. The highest BCUT2D eigenvalue weighted by Crippen LogP contribution is 2.09. The van der Waals surface area contributed by atoms with Crippen molar-refractivity contribution in [2.24, 2.45) is 0 Å². The number of hydrogen-bond donors (Lipinski definition) is 1. The highest BCUT2D eigenvalue weighted by Gasteiger charge is 2.16. The van der Waals surface area contributed by atoms with Crippen LogP contribution in [0.2, 0.25) is 0 Å². The maximum Gasteiger partial charge on any atom is 0.0983 e. The fourth-order valence-corrected chi connectivity index (χ4v) is 0.956. The van der Waals surface area contributed by atoms with Crippen LogP contribution in [0, 0.1) is 0 Å². The maximum absolute atomic E-state index is 9.16. The van der Waals surface area contributed by atoms with E-state index >= 15 is 0 Å². The number of aliphatic hydroxyl groups is 1. The van der Waals surface area contributed by atoms with Gasteiger partial charge >= 0.3 is 0 Å². The van der Waals surface area contributed by atoms with Crippen LogP contribution in [0.25, 0.3) is 0 Å². The largest absolute Gasteiger partial charge is 0.386 e. The first-order chi connectivity index (χ1) is 4.34. The molecule has 52 valence electrons. The van der Waals surface area contributed by atoms with Crippen molar-refractivity contribution in [3.05, 3.63) is 12.2 Å². The van der Waals surface area contributed by atoms with E-state index < -0.39 is 0 Å². The predicted octanol–water partition coefficient (Wildman–Crippen LogP) is 0.712. The number of ether oxygens (including phenoxy) is 1. The Labute approximate surface area is 55.1 Å². The topological polar surface area (TPSA) is 29.5 Å². The van der Waals surface area contributed by atoms with Gasteiger partial charge in [0, 0.05) is 0 Å². The van der Waals surface area contributed by atoms with Crippen LogP contribution in [0.5, 0.6) is 0 Å². The number of hydrogen-bond acceptors (Lipinski definition) is 2. The van der Waals surface area contributed by atoms with Crippen LogP contribution < -0.4 is 0 Å². The van der Waals surface area contributed by atoms with Crippen molar-refractivity contribution in [3.63, 3.8) is 0 Å². The molecule has 0 aromatic carbocycles. The third-order valence-electron chi connectivity index (χ3n) is 1.52. The van der Waals surface area contributed by atoms with Crippen molar-refractivity contribution < 1.29 is 9.84 Å². The van der Waals surface area contributed by atoms with E-state index in [-0.39, 0.29) is 12.2 Å². The maximum atomic E-state index is 9.16. The average molecular weight is 128 g/mol. The molecule has 0 aliphatic carbocycles. The van der Waals surface area contributed by atoms with Gasteiger partial charge in [0.15, 0.2) is 0 Å². The minimum atomic E-state index is -0.385. The van der Waals surface area contributed by atoms with Crippen LogP contribution >= 0.6 is 0 Å². The van der Waals surface area contributed by atoms with Gasteiger partial charge in [0.05, 0.1) is 18.8 Å². The highest BCUT2D eigenvalue weighted by atomic mass is 16.5. The van der Waals surface area contributed by atoms with Crippen molar-refractivity contribution in [3.8, 4) is 0 Å². The molecule has 2 nitrogen and oxygen atoms in total. The van der Waals surface area contributed by atoms with E-state index in [1.54, 1.807) is 6.08 Å². The van der Waals surface area contributed by atoms with E-state index in [0.717, 1.165) is 6.42 Å². The van der Waals surface area contributed by atoms with Crippen LogP contribution in [0.3, 0.4) is 0 Å². The van der Waals surface area contributed by atoms with Gasteiger partial charge in [0.2, 0.25) is 0 Å². The van der Waals surface area contributed by atoms with Gasteiger partial charge in [-0.1, -0.05) is 19.1 Å². The predicted molar refractivity (Wildman–Crippen MR) is 35.2 cm³/mol. The van der Waals surface area contributed by atoms with Crippen molar-refractivity contribution in [2.75, 3.05) is 6.61 Å². The Hall–Kier alpha value is -0.340. The van der Waals surface area contributed by atoms with E-state index in [0.29, 0.717) is 6.61 Å². The second-order valence-corrected chi connectivity index (χ2v) is 2.20. The standard InChI is InChI=1S/C7H12O2/c1-2-7-6(8)4-3-5-9-7/h3-4,6-8H,2,5H2,1H3/t6-,7+/m0/s1. The Kier molecular flexibility index (Phi) is 2.25. The lowest BCUT2D eigenvalue weighted by atomic mass is 10.1. The highest BCUT2D eigenvalue weighted by molar-refractivity contribution is 4.96. The molecule has 0 aromatic heterocycles. The summed E-state index contributed by atoms with van der Waals surface area (Å²) in [5, 5.41) is 9.16. The van der Waals surface area contributed by atoms with E-state index in [4.69, 9.17) is 9.84 Å². The minimum absolute atomic E-state index is 0.0231. The normalized spacial score (nSPS) is 34.9. The van der Waals surface area contributed by atoms with E-state index in [9.17, 15) is 0 Å². The second kappa shape index (κ2) is 2.99. The Morgan fingerprint density at radius 3 is 3.00 bits per heavy atom. The summed E-state index contributed by atoms with van der Waals surface area (Å²) in [6, 6.07) is 0. The zero-order chi connectivity index (χ0) is 6.69. The van der Waals surface area contributed by atoms with Crippen molar-refractivity contribution in [1.82, 2.24) is 0 Å². The third-order valence-corrected chi connectivity index (χ3v) is 1.52. The van der Waals surface area contributed by atoms with Crippen LogP contribution in [0.1, 0.15) is 13.3 Å². The first kappa shape index (κ1) is 6.78. The second-order valence-electron chi connectivity index (χ2n) is 2.20.